The Morgan fingerprint density at radius 2 is 1.67 bits per heavy atom. The van der Waals surface area contributed by atoms with E-state index in [4.69, 9.17) is 14.2 Å². The quantitative estimate of drug-likeness (QED) is 0.0916. The lowest BCUT2D eigenvalue weighted by molar-refractivity contribution is -0.384. The number of nitro benzene ring substituents is 1. The monoisotopic (exact) mass is 677 g/mol. The zero-order valence-corrected chi connectivity index (χ0v) is 28.3. The van der Waals surface area contributed by atoms with Crippen molar-refractivity contribution in [2.24, 2.45) is 17.3 Å². The van der Waals surface area contributed by atoms with Crippen LogP contribution in [0.2, 0.25) is 0 Å². The highest BCUT2D eigenvalue weighted by atomic mass is 16.6. The predicted octanol–water partition coefficient (Wildman–Crippen LogP) is 2.66. The molecule has 0 aromatic heterocycles. The summed E-state index contributed by atoms with van der Waals surface area (Å²) in [6.45, 7) is 9.41. The molecule has 2 aliphatic rings. The highest BCUT2D eigenvalue weighted by Gasteiger charge is 2.69. The highest BCUT2D eigenvalue weighted by Crippen LogP contribution is 2.65. The molecule has 0 spiro atoms. The van der Waals surface area contributed by atoms with Crippen LogP contribution in [0.4, 0.5) is 15.3 Å². The van der Waals surface area contributed by atoms with Crippen LogP contribution in [0.5, 0.6) is 5.75 Å². The second kappa shape index (κ2) is 16.1. The van der Waals surface area contributed by atoms with Gasteiger partial charge in [-0.1, -0.05) is 13.8 Å². The first-order valence-electron chi connectivity index (χ1n) is 16.0. The zero-order valence-electron chi connectivity index (χ0n) is 28.3. The van der Waals surface area contributed by atoms with E-state index in [0.717, 1.165) is 0 Å². The van der Waals surface area contributed by atoms with Gasteiger partial charge in [-0.25, -0.2) is 14.4 Å². The molecule has 1 aromatic carbocycles. The number of piperidine rings is 1. The molecule has 0 radical (unpaired) electrons. The molecule has 1 aliphatic heterocycles. The molecule has 1 saturated heterocycles. The number of nitrogens with zero attached hydrogens (tertiary/aromatic N) is 2. The SMILES string of the molecule is COC(=O)[C@H](CCCCNC(=O)Oc1ccc([N+](=O)[O-])cc1)NC(=O)[C@@H]1[C@@H]2C(CN1C(=O)[C@H](CCCO)NC(=O)OC(C)(C)C)C2(C)C. The Kier molecular flexibility index (Phi) is 12.7. The van der Waals surface area contributed by atoms with Crippen LogP contribution >= 0.6 is 0 Å². The predicted molar refractivity (Wildman–Crippen MR) is 171 cm³/mol. The van der Waals surface area contributed by atoms with E-state index in [0.29, 0.717) is 19.4 Å². The van der Waals surface area contributed by atoms with Crippen molar-refractivity contribution in [3.63, 3.8) is 0 Å². The molecular weight excluding hydrogens is 630 g/mol. The Bertz CT molecular complexity index is 1340. The van der Waals surface area contributed by atoms with Crippen molar-refractivity contribution in [2.75, 3.05) is 26.8 Å². The van der Waals surface area contributed by atoms with Crippen molar-refractivity contribution < 1.29 is 48.2 Å². The van der Waals surface area contributed by atoms with Crippen molar-refractivity contribution in [1.29, 1.82) is 0 Å². The number of hydrogen-bond donors (Lipinski definition) is 4. The number of non-ortho nitro benzene ring substituents is 1. The third kappa shape index (κ3) is 10.0. The summed E-state index contributed by atoms with van der Waals surface area (Å²) in [6.07, 6.45) is -0.146. The van der Waals surface area contributed by atoms with Crippen LogP contribution in [0.1, 0.15) is 66.7 Å². The summed E-state index contributed by atoms with van der Waals surface area (Å²) in [6, 6.07) is 2.10. The minimum atomic E-state index is -1.03. The van der Waals surface area contributed by atoms with Gasteiger partial charge in [0.05, 0.1) is 12.0 Å². The van der Waals surface area contributed by atoms with Gasteiger partial charge in [0, 0.05) is 31.8 Å². The summed E-state index contributed by atoms with van der Waals surface area (Å²) in [4.78, 5) is 76.6. The molecule has 5 atom stereocenters. The second-order valence-electron chi connectivity index (χ2n) is 13.6. The van der Waals surface area contributed by atoms with Crippen LogP contribution in [-0.2, 0) is 23.9 Å². The van der Waals surface area contributed by atoms with Crippen LogP contribution in [0.25, 0.3) is 0 Å². The molecular formula is C32H47N5O11. The van der Waals surface area contributed by atoms with Gasteiger partial charge in [0.1, 0.15) is 29.5 Å². The molecule has 1 aliphatic carbocycles. The summed E-state index contributed by atoms with van der Waals surface area (Å²) in [7, 11) is 1.21. The number of amides is 4. The normalized spacial score (nSPS) is 20.4. The fraction of sp³-hybridized carbons (Fsp3) is 0.656. The molecule has 1 saturated carbocycles. The molecule has 3 rings (SSSR count). The smallest absolute Gasteiger partial charge is 0.412 e. The van der Waals surface area contributed by atoms with Crippen LogP contribution in [0, 0.1) is 27.4 Å². The molecule has 48 heavy (non-hydrogen) atoms. The van der Waals surface area contributed by atoms with E-state index >= 15 is 0 Å². The van der Waals surface area contributed by atoms with E-state index in [9.17, 15) is 39.2 Å². The number of nitro groups is 1. The van der Waals surface area contributed by atoms with Gasteiger partial charge in [0.25, 0.3) is 5.69 Å². The molecule has 0 bridgehead atoms. The number of nitrogens with one attached hydrogen (secondary N) is 3. The van der Waals surface area contributed by atoms with E-state index in [2.05, 4.69) is 16.0 Å². The summed E-state index contributed by atoms with van der Waals surface area (Å²) in [5, 5.41) is 28.1. The number of methoxy groups -OCH3 is 1. The first-order chi connectivity index (χ1) is 22.5. The van der Waals surface area contributed by atoms with Gasteiger partial charge >= 0.3 is 18.2 Å². The van der Waals surface area contributed by atoms with E-state index in [1.54, 1.807) is 20.8 Å². The summed E-state index contributed by atoms with van der Waals surface area (Å²) < 4.78 is 15.4. The lowest BCUT2D eigenvalue weighted by Gasteiger charge is -2.34. The van der Waals surface area contributed by atoms with Gasteiger partial charge in [-0.2, -0.15) is 0 Å². The minimum Gasteiger partial charge on any atom is -0.467 e. The number of ether oxygens (including phenoxy) is 3. The topological polar surface area (TPSA) is 216 Å². The Hall–Kier alpha value is -4.47. The van der Waals surface area contributed by atoms with Gasteiger partial charge in [0.2, 0.25) is 11.8 Å². The molecule has 1 unspecified atom stereocenters. The minimum absolute atomic E-state index is 0.0469. The number of aliphatic hydroxyl groups is 1. The Labute approximate surface area is 279 Å². The fourth-order valence-corrected chi connectivity index (χ4v) is 6.11. The van der Waals surface area contributed by atoms with Crippen molar-refractivity contribution >= 4 is 35.7 Å². The first kappa shape index (κ1) is 38.0. The average molecular weight is 678 g/mol. The maximum Gasteiger partial charge on any atom is 0.412 e. The van der Waals surface area contributed by atoms with E-state index < -0.39 is 58.6 Å². The molecule has 1 heterocycles. The maximum atomic E-state index is 13.8. The molecule has 1 aromatic rings. The summed E-state index contributed by atoms with van der Waals surface area (Å²) in [5.74, 6) is -1.63. The van der Waals surface area contributed by atoms with Crippen LogP contribution in [-0.4, -0.2) is 95.4 Å². The number of hydrogen-bond acceptors (Lipinski definition) is 11. The Morgan fingerprint density at radius 1 is 1.02 bits per heavy atom. The molecule has 16 nitrogen and oxygen atoms in total. The van der Waals surface area contributed by atoms with E-state index in [1.807, 2.05) is 13.8 Å². The standard InChI is InChI=1S/C32H47N5O11/c1-31(2,3)48-30(43)35-22(11-9-17-38)27(40)36-18-21-24(32(21,4)5)25(36)26(39)34-23(28(41)46-6)10-7-8-16-33-29(42)47-20-14-12-19(13-15-20)37(44)45/h12-15,21-25,38H,7-11,16-18H2,1-6H3,(H,33,42)(H,34,39)(H,35,43)/t21?,22-,23-,24-,25-/m0/s1. The lowest BCUT2D eigenvalue weighted by atomic mass is 9.98. The van der Waals surface area contributed by atoms with Gasteiger partial charge in [0.15, 0.2) is 0 Å². The van der Waals surface area contributed by atoms with Gasteiger partial charge in [-0.15, -0.1) is 0 Å². The number of unbranched alkanes of at least 4 members (excludes halogenated alkanes) is 1. The number of carbonyl (C=O) groups is 5. The number of rotatable bonds is 15. The number of benzene rings is 1. The van der Waals surface area contributed by atoms with Gasteiger partial charge < -0.3 is 40.2 Å². The Morgan fingerprint density at radius 3 is 2.25 bits per heavy atom. The van der Waals surface area contributed by atoms with Crippen molar-refractivity contribution in [2.45, 2.75) is 90.4 Å². The third-order valence-electron chi connectivity index (χ3n) is 8.65. The zero-order chi connectivity index (χ0) is 35.8. The van der Waals surface area contributed by atoms with Crippen molar-refractivity contribution in [1.82, 2.24) is 20.9 Å². The second-order valence-corrected chi connectivity index (χ2v) is 13.6. The summed E-state index contributed by atoms with van der Waals surface area (Å²) >= 11 is 0. The maximum absolute atomic E-state index is 13.8. The largest absolute Gasteiger partial charge is 0.467 e. The Balaban J connectivity index is 1.60. The summed E-state index contributed by atoms with van der Waals surface area (Å²) in [5.41, 5.74) is -1.15. The lowest BCUT2D eigenvalue weighted by Crippen LogP contribution is -2.57. The first-order valence-corrected chi connectivity index (χ1v) is 16.0. The van der Waals surface area contributed by atoms with Crippen molar-refractivity contribution in [3.8, 4) is 5.75 Å². The van der Waals surface area contributed by atoms with Crippen molar-refractivity contribution in [3.05, 3.63) is 34.4 Å². The van der Waals surface area contributed by atoms with Crippen LogP contribution in [0.3, 0.4) is 0 Å². The number of aliphatic hydroxyl groups excluding tert-OH is 1. The number of carbonyl (C=O) groups excluding carboxylic acids is 5. The number of esters is 1. The molecule has 4 amide bonds. The molecule has 2 fully saturated rings. The molecule has 4 N–H and O–H groups in total. The number of likely N-dealkylation sites (tertiary alicyclic amines) is 1. The third-order valence-corrected chi connectivity index (χ3v) is 8.65. The average Bonchev–Trinajstić information content (AvgIpc) is 3.32. The fourth-order valence-electron chi connectivity index (χ4n) is 6.11. The van der Waals surface area contributed by atoms with Crippen LogP contribution in [0.15, 0.2) is 24.3 Å². The number of fused-ring (bicyclic) bond motifs is 1. The van der Waals surface area contributed by atoms with E-state index in [1.165, 1.54) is 36.3 Å². The molecule has 16 heteroatoms. The molecule has 266 valence electrons. The highest BCUT2D eigenvalue weighted by molar-refractivity contribution is 5.94. The van der Waals surface area contributed by atoms with E-state index in [-0.39, 0.29) is 61.1 Å². The van der Waals surface area contributed by atoms with Gasteiger partial charge in [-0.3, -0.25) is 19.7 Å². The van der Waals surface area contributed by atoms with Gasteiger partial charge in [-0.05, 0) is 82.3 Å². The van der Waals surface area contributed by atoms with Crippen LogP contribution < -0.4 is 20.7 Å². The number of alkyl carbamates (subject to hydrolysis) is 1.